The summed E-state index contributed by atoms with van der Waals surface area (Å²) in [5.74, 6) is 0.430. The van der Waals surface area contributed by atoms with Crippen LogP contribution in [0, 0.1) is 0 Å². The number of carbonyl (C=O) groups excluding carboxylic acids is 1. The second-order valence-electron chi connectivity index (χ2n) is 5.42. The Hall–Kier alpha value is -1.56. The Morgan fingerprint density at radius 2 is 2.05 bits per heavy atom. The van der Waals surface area contributed by atoms with Crippen LogP contribution in [0.5, 0.6) is 0 Å². The van der Waals surface area contributed by atoms with Crippen molar-refractivity contribution in [3.8, 4) is 0 Å². The van der Waals surface area contributed by atoms with E-state index in [2.05, 4.69) is 5.10 Å². The predicted molar refractivity (Wildman–Crippen MR) is 81.2 cm³/mol. The zero-order valence-corrected chi connectivity index (χ0v) is 13.0. The van der Waals surface area contributed by atoms with Gasteiger partial charge in [0.05, 0.1) is 13.2 Å². The lowest BCUT2D eigenvalue weighted by atomic mass is 9.93. The van der Waals surface area contributed by atoms with Crippen LogP contribution >= 0.6 is 0 Å². The van der Waals surface area contributed by atoms with Crippen molar-refractivity contribution in [3.05, 3.63) is 18.0 Å². The van der Waals surface area contributed by atoms with Crippen LogP contribution < -0.4 is 0 Å². The average molecular weight is 294 g/mol. The van der Waals surface area contributed by atoms with Gasteiger partial charge in [0.2, 0.25) is 0 Å². The molecule has 6 heteroatoms. The lowest BCUT2D eigenvalue weighted by molar-refractivity contribution is 0.143. The molecule has 1 aliphatic rings. The summed E-state index contributed by atoms with van der Waals surface area (Å²) in [5, 5.41) is 13.3. The van der Waals surface area contributed by atoms with E-state index in [1.165, 1.54) is 5.69 Å². The number of nitrogens with zero attached hydrogens (tertiary/aromatic N) is 4. The van der Waals surface area contributed by atoms with Gasteiger partial charge in [0.25, 0.3) is 0 Å². The Labute approximate surface area is 126 Å². The van der Waals surface area contributed by atoms with E-state index in [-0.39, 0.29) is 12.6 Å². The molecule has 6 nitrogen and oxygen atoms in total. The van der Waals surface area contributed by atoms with Gasteiger partial charge in [-0.15, -0.1) is 0 Å². The molecule has 1 aromatic heterocycles. The molecule has 1 aromatic rings. The summed E-state index contributed by atoms with van der Waals surface area (Å²) in [7, 11) is 0. The van der Waals surface area contributed by atoms with Gasteiger partial charge in [-0.2, -0.15) is 5.10 Å². The number of aliphatic hydroxyl groups excluding tert-OH is 1. The topological polar surface area (TPSA) is 61.6 Å². The maximum absolute atomic E-state index is 12.3. The summed E-state index contributed by atoms with van der Waals surface area (Å²) in [5.41, 5.74) is 1.18. The second kappa shape index (κ2) is 7.45. The molecular formula is C15H26N4O2. The quantitative estimate of drug-likeness (QED) is 0.895. The summed E-state index contributed by atoms with van der Waals surface area (Å²) in [6.45, 7) is 7.80. The van der Waals surface area contributed by atoms with Gasteiger partial charge in [-0.25, -0.2) is 4.79 Å². The predicted octanol–water partition coefficient (Wildman–Crippen LogP) is 1.52. The van der Waals surface area contributed by atoms with Gasteiger partial charge in [-0.3, -0.25) is 4.68 Å². The third kappa shape index (κ3) is 3.56. The third-order valence-corrected chi connectivity index (χ3v) is 4.28. The normalized spacial score (nSPS) is 16.2. The van der Waals surface area contributed by atoms with Crippen LogP contribution in [0.4, 0.5) is 4.79 Å². The number of urea groups is 1. The molecule has 0 unspecified atom stereocenters. The van der Waals surface area contributed by atoms with Crippen molar-refractivity contribution in [2.75, 3.05) is 32.8 Å². The summed E-state index contributed by atoms with van der Waals surface area (Å²) in [6, 6.07) is 2.18. The number of piperidine rings is 1. The van der Waals surface area contributed by atoms with Crippen LogP contribution in [0.25, 0.3) is 0 Å². The van der Waals surface area contributed by atoms with E-state index >= 15 is 0 Å². The molecule has 0 saturated carbocycles. The van der Waals surface area contributed by atoms with Crippen LogP contribution in [0.15, 0.2) is 12.3 Å². The van der Waals surface area contributed by atoms with Crippen molar-refractivity contribution in [1.29, 1.82) is 0 Å². The van der Waals surface area contributed by atoms with Crippen molar-refractivity contribution in [3.63, 3.8) is 0 Å². The monoisotopic (exact) mass is 294 g/mol. The fraction of sp³-hybridized carbons (Fsp3) is 0.733. The summed E-state index contributed by atoms with van der Waals surface area (Å²) in [6.07, 6.45) is 3.71. The smallest absolute Gasteiger partial charge is 0.319 e. The maximum atomic E-state index is 12.3. The number of carbonyl (C=O) groups is 1. The number of aromatic nitrogens is 2. The minimum Gasteiger partial charge on any atom is -0.394 e. The molecule has 21 heavy (non-hydrogen) atoms. The molecule has 2 heterocycles. The lowest BCUT2D eigenvalue weighted by Crippen LogP contribution is -2.46. The minimum absolute atomic E-state index is 0.105. The van der Waals surface area contributed by atoms with Crippen LogP contribution in [-0.2, 0) is 6.54 Å². The highest BCUT2D eigenvalue weighted by Gasteiger charge is 2.27. The molecule has 118 valence electrons. The number of hydrogen-bond donors (Lipinski definition) is 1. The number of likely N-dealkylation sites (tertiary alicyclic amines) is 1. The molecule has 2 rings (SSSR count). The molecular weight excluding hydrogens is 268 g/mol. The van der Waals surface area contributed by atoms with Gasteiger partial charge >= 0.3 is 6.03 Å². The van der Waals surface area contributed by atoms with Gasteiger partial charge in [-0.05, 0) is 32.8 Å². The van der Waals surface area contributed by atoms with E-state index < -0.39 is 0 Å². The number of aliphatic hydroxyl groups is 1. The van der Waals surface area contributed by atoms with Gasteiger partial charge in [0, 0.05) is 44.0 Å². The standard InChI is InChI=1S/C15H26N4O2/c1-3-17(4-2)15(21)18-9-6-13(7-10-18)14-5-8-16-19(14)11-12-20/h5,8,13,20H,3-4,6-7,9-12H2,1-2H3. The van der Waals surface area contributed by atoms with E-state index in [0.717, 1.165) is 39.0 Å². The number of amides is 2. The Bertz CT molecular complexity index is 448. The average Bonchev–Trinajstić information content (AvgIpc) is 2.97. The summed E-state index contributed by atoms with van der Waals surface area (Å²) < 4.78 is 1.88. The first-order chi connectivity index (χ1) is 10.2. The largest absolute Gasteiger partial charge is 0.394 e. The van der Waals surface area contributed by atoms with Gasteiger partial charge in [-0.1, -0.05) is 0 Å². The summed E-state index contributed by atoms with van der Waals surface area (Å²) in [4.78, 5) is 16.2. The molecule has 0 bridgehead atoms. The molecule has 0 radical (unpaired) electrons. The van der Waals surface area contributed by atoms with E-state index in [4.69, 9.17) is 5.11 Å². The number of rotatable bonds is 5. The zero-order valence-electron chi connectivity index (χ0n) is 13.0. The maximum Gasteiger partial charge on any atom is 0.319 e. The van der Waals surface area contributed by atoms with E-state index in [0.29, 0.717) is 12.5 Å². The molecule has 1 fully saturated rings. The Morgan fingerprint density at radius 1 is 1.38 bits per heavy atom. The van der Waals surface area contributed by atoms with E-state index in [1.807, 2.05) is 34.4 Å². The fourth-order valence-corrected chi connectivity index (χ4v) is 3.03. The molecule has 2 amide bonds. The number of hydrogen-bond acceptors (Lipinski definition) is 3. The first-order valence-electron chi connectivity index (χ1n) is 7.87. The van der Waals surface area contributed by atoms with Crippen LogP contribution in [0.2, 0.25) is 0 Å². The van der Waals surface area contributed by atoms with E-state index in [1.54, 1.807) is 6.20 Å². The fourth-order valence-electron chi connectivity index (χ4n) is 3.03. The Balaban J connectivity index is 1.94. The highest BCUT2D eigenvalue weighted by Crippen LogP contribution is 2.28. The molecule has 1 saturated heterocycles. The molecule has 1 N–H and O–H groups in total. The van der Waals surface area contributed by atoms with Crippen LogP contribution in [0.1, 0.15) is 38.3 Å². The Kier molecular flexibility index (Phi) is 5.61. The van der Waals surface area contributed by atoms with Crippen molar-refractivity contribution >= 4 is 6.03 Å². The molecule has 1 aliphatic heterocycles. The molecule has 0 aliphatic carbocycles. The van der Waals surface area contributed by atoms with Gasteiger partial charge < -0.3 is 14.9 Å². The highest BCUT2D eigenvalue weighted by atomic mass is 16.3. The molecule has 0 aromatic carbocycles. The highest BCUT2D eigenvalue weighted by molar-refractivity contribution is 5.74. The van der Waals surface area contributed by atoms with Gasteiger partial charge in [0.1, 0.15) is 0 Å². The first-order valence-corrected chi connectivity index (χ1v) is 7.87. The van der Waals surface area contributed by atoms with E-state index in [9.17, 15) is 4.79 Å². The Morgan fingerprint density at radius 3 is 2.62 bits per heavy atom. The third-order valence-electron chi connectivity index (χ3n) is 4.28. The second-order valence-corrected chi connectivity index (χ2v) is 5.42. The van der Waals surface area contributed by atoms with Crippen LogP contribution in [-0.4, -0.2) is 63.5 Å². The van der Waals surface area contributed by atoms with Crippen molar-refractivity contribution in [1.82, 2.24) is 19.6 Å². The zero-order chi connectivity index (χ0) is 15.2. The minimum atomic E-state index is 0.105. The van der Waals surface area contributed by atoms with Crippen molar-refractivity contribution < 1.29 is 9.90 Å². The van der Waals surface area contributed by atoms with Gasteiger partial charge in [0.15, 0.2) is 0 Å². The summed E-state index contributed by atoms with van der Waals surface area (Å²) >= 11 is 0. The first kappa shape index (κ1) is 15.8. The SMILES string of the molecule is CCN(CC)C(=O)N1CCC(c2ccnn2CCO)CC1. The molecule has 0 spiro atoms. The van der Waals surface area contributed by atoms with Crippen molar-refractivity contribution in [2.24, 2.45) is 0 Å². The lowest BCUT2D eigenvalue weighted by Gasteiger charge is -2.35. The van der Waals surface area contributed by atoms with Crippen LogP contribution in [0.3, 0.4) is 0 Å². The molecule has 0 atom stereocenters. The van der Waals surface area contributed by atoms with Crippen molar-refractivity contribution in [2.45, 2.75) is 39.2 Å².